The molecule has 3 rings (SSSR count). The van der Waals surface area contributed by atoms with Crippen molar-refractivity contribution >= 4 is 0 Å². The molecule has 0 amide bonds. The van der Waals surface area contributed by atoms with E-state index in [1.165, 1.54) is 28.3 Å². The molecule has 2 aromatic carbocycles. The van der Waals surface area contributed by atoms with Gasteiger partial charge in [-0.05, 0) is 11.1 Å². The average Bonchev–Trinajstić information content (AvgIpc) is 2.75. The Hall–Kier alpha value is -2.06. The molecular weight excluding hydrogens is 304 g/mol. The lowest BCUT2D eigenvalue weighted by atomic mass is 10.2. The third kappa shape index (κ3) is 3.65. The highest BCUT2D eigenvalue weighted by atomic mass is 35.5. The first-order valence-electron chi connectivity index (χ1n) is 7.81. The summed E-state index contributed by atoms with van der Waals surface area (Å²) in [7, 11) is 0. The zero-order valence-corrected chi connectivity index (χ0v) is 14.7. The summed E-state index contributed by atoms with van der Waals surface area (Å²) in [5, 5.41) is 0. The van der Waals surface area contributed by atoms with Crippen LogP contribution in [0.5, 0.6) is 0 Å². The first-order valence-corrected chi connectivity index (χ1v) is 7.81. The van der Waals surface area contributed by atoms with Crippen LogP contribution < -0.4 is 17.0 Å². The Morgan fingerprint density at radius 3 is 1.87 bits per heavy atom. The smallest absolute Gasteiger partial charge is 0.254 e. The summed E-state index contributed by atoms with van der Waals surface area (Å²) >= 11 is 0. The van der Waals surface area contributed by atoms with E-state index in [4.69, 9.17) is 0 Å². The molecule has 120 valence electrons. The maximum Gasteiger partial charge on any atom is 0.254 e. The Morgan fingerprint density at radius 2 is 1.30 bits per heavy atom. The molecule has 0 aliphatic heterocycles. The summed E-state index contributed by atoms with van der Waals surface area (Å²) in [6, 6.07) is 21.3. The standard InChI is InChI=1S/C20H23N2.ClH/c1-16-17(2)22(15-20-12-8-5-9-13-20)18(3)21(16)14-19-10-6-4-7-11-19;/h4-13H,14-15H2,1-3H3;1H/q+1;/p-1. The van der Waals surface area contributed by atoms with Crippen molar-refractivity contribution in [1.82, 2.24) is 4.57 Å². The van der Waals surface area contributed by atoms with Crippen molar-refractivity contribution in [2.75, 3.05) is 0 Å². The number of rotatable bonds is 4. The molecule has 0 saturated heterocycles. The highest BCUT2D eigenvalue weighted by Gasteiger charge is 2.22. The monoisotopic (exact) mass is 326 g/mol. The van der Waals surface area contributed by atoms with Crippen LogP contribution in [0, 0.1) is 20.8 Å². The van der Waals surface area contributed by atoms with Gasteiger partial charge in [0.25, 0.3) is 5.82 Å². The van der Waals surface area contributed by atoms with E-state index >= 15 is 0 Å². The second-order valence-corrected chi connectivity index (χ2v) is 5.86. The van der Waals surface area contributed by atoms with Gasteiger partial charge in [-0.1, -0.05) is 60.7 Å². The SMILES string of the molecule is Cc1c(C)[n+](Cc2ccccc2)c(C)n1Cc1ccccc1.[Cl-]. The molecule has 0 radical (unpaired) electrons. The summed E-state index contributed by atoms with van der Waals surface area (Å²) in [4.78, 5) is 0. The molecule has 0 unspecified atom stereocenters. The molecule has 3 aromatic rings. The molecule has 0 bridgehead atoms. The van der Waals surface area contributed by atoms with E-state index in [9.17, 15) is 0 Å². The average molecular weight is 327 g/mol. The lowest BCUT2D eigenvalue weighted by molar-refractivity contribution is -0.699. The van der Waals surface area contributed by atoms with Crippen molar-refractivity contribution in [3.63, 3.8) is 0 Å². The normalized spacial score (nSPS) is 10.4. The van der Waals surface area contributed by atoms with E-state index in [0.717, 1.165) is 13.1 Å². The van der Waals surface area contributed by atoms with Crippen LogP contribution in [0.15, 0.2) is 60.7 Å². The van der Waals surface area contributed by atoms with Gasteiger partial charge in [0.1, 0.15) is 24.5 Å². The molecule has 0 saturated carbocycles. The maximum absolute atomic E-state index is 2.41. The summed E-state index contributed by atoms with van der Waals surface area (Å²) in [5.41, 5.74) is 5.38. The Balaban J connectivity index is 0.00000192. The molecule has 23 heavy (non-hydrogen) atoms. The van der Waals surface area contributed by atoms with E-state index in [1.54, 1.807) is 0 Å². The second kappa shape index (κ2) is 7.47. The van der Waals surface area contributed by atoms with Gasteiger partial charge >= 0.3 is 0 Å². The van der Waals surface area contributed by atoms with Gasteiger partial charge in [-0.15, -0.1) is 0 Å². The van der Waals surface area contributed by atoms with Crippen LogP contribution in [0.25, 0.3) is 0 Å². The van der Waals surface area contributed by atoms with Gasteiger partial charge in [-0.3, -0.25) is 0 Å². The van der Waals surface area contributed by atoms with Crippen LogP contribution >= 0.6 is 0 Å². The maximum atomic E-state index is 2.41. The first kappa shape index (κ1) is 17.3. The van der Waals surface area contributed by atoms with Crippen molar-refractivity contribution in [2.45, 2.75) is 33.9 Å². The third-order valence-corrected chi connectivity index (χ3v) is 4.48. The number of imidazole rings is 1. The summed E-state index contributed by atoms with van der Waals surface area (Å²) < 4.78 is 4.82. The number of hydrogen-bond donors (Lipinski definition) is 0. The van der Waals surface area contributed by atoms with Crippen LogP contribution in [-0.2, 0) is 13.1 Å². The van der Waals surface area contributed by atoms with Gasteiger partial charge in [0.2, 0.25) is 0 Å². The van der Waals surface area contributed by atoms with Gasteiger partial charge < -0.3 is 12.4 Å². The van der Waals surface area contributed by atoms with Crippen LogP contribution in [0.4, 0.5) is 0 Å². The molecule has 1 aromatic heterocycles. The number of nitrogens with zero attached hydrogens (tertiary/aromatic N) is 2. The predicted octanol–water partition coefficient (Wildman–Crippen LogP) is 0.801. The van der Waals surface area contributed by atoms with E-state index in [1.807, 2.05) is 0 Å². The van der Waals surface area contributed by atoms with Crippen molar-refractivity contribution in [2.24, 2.45) is 0 Å². The summed E-state index contributed by atoms with van der Waals surface area (Å²) in [6.45, 7) is 8.51. The fourth-order valence-corrected chi connectivity index (χ4v) is 3.02. The van der Waals surface area contributed by atoms with Crippen LogP contribution in [0.1, 0.15) is 28.3 Å². The fourth-order valence-electron chi connectivity index (χ4n) is 3.02. The molecule has 0 aliphatic rings. The molecule has 0 atom stereocenters. The fraction of sp³-hybridized carbons (Fsp3) is 0.250. The van der Waals surface area contributed by atoms with Crippen LogP contribution in [-0.4, -0.2) is 4.57 Å². The number of aromatic nitrogens is 2. The van der Waals surface area contributed by atoms with Crippen molar-refractivity contribution < 1.29 is 17.0 Å². The Morgan fingerprint density at radius 1 is 0.783 bits per heavy atom. The Kier molecular flexibility index (Phi) is 5.62. The quantitative estimate of drug-likeness (QED) is 0.627. The molecule has 0 spiro atoms. The Bertz CT molecular complexity index is 696. The van der Waals surface area contributed by atoms with Gasteiger partial charge in [0, 0.05) is 20.8 Å². The highest BCUT2D eigenvalue weighted by Crippen LogP contribution is 2.12. The minimum atomic E-state index is 0. The zero-order chi connectivity index (χ0) is 15.5. The van der Waals surface area contributed by atoms with E-state index in [-0.39, 0.29) is 12.4 Å². The Labute approximate surface area is 144 Å². The summed E-state index contributed by atoms with van der Waals surface area (Å²) in [5.74, 6) is 1.31. The van der Waals surface area contributed by atoms with Gasteiger partial charge in [0.05, 0.1) is 0 Å². The topological polar surface area (TPSA) is 8.81 Å². The number of benzene rings is 2. The molecular formula is C20H23ClN2. The molecule has 2 nitrogen and oxygen atoms in total. The second-order valence-electron chi connectivity index (χ2n) is 5.86. The van der Waals surface area contributed by atoms with Crippen LogP contribution in [0.3, 0.4) is 0 Å². The lowest BCUT2D eigenvalue weighted by Crippen LogP contribution is -3.00. The lowest BCUT2D eigenvalue weighted by Gasteiger charge is -2.03. The van der Waals surface area contributed by atoms with E-state index in [0.29, 0.717) is 0 Å². The number of halogens is 1. The molecule has 0 fully saturated rings. The van der Waals surface area contributed by atoms with Gasteiger partial charge in [0.15, 0.2) is 0 Å². The summed E-state index contributed by atoms with van der Waals surface area (Å²) in [6.07, 6.45) is 0. The molecule has 1 heterocycles. The highest BCUT2D eigenvalue weighted by molar-refractivity contribution is 5.18. The molecule has 3 heteroatoms. The predicted molar refractivity (Wildman–Crippen MR) is 89.9 cm³/mol. The van der Waals surface area contributed by atoms with Gasteiger partial charge in [-0.25, -0.2) is 9.13 Å². The zero-order valence-electron chi connectivity index (χ0n) is 14.0. The van der Waals surface area contributed by atoms with Crippen LogP contribution in [0.2, 0.25) is 0 Å². The minimum absolute atomic E-state index is 0. The minimum Gasteiger partial charge on any atom is -1.00 e. The molecule has 0 aliphatic carbocycles. The third-order valence-electron chi connectivity index (χ3n) is 4.48. The van der Waals surface area contributed by atoms with Crippen molar-refractivity contribution in [3.05, 3.63) is 89.0 Å². The van der Waals surface area contributed by atoms with Gasteiger partial charge in [-0.2, -0.15) is 0 Å². The number of hydrogen-bond acceptors (Lipinski definition) is 0. The molecule has 0 N–H and O–H groups in total. The van der Waals surface area contributed by atoms with E-state index < -0.39 is 0 Å². The largest absolute Gasteiger partial charge is 1.00 e. The van der Waals surface area contributed by atoms with Crippen molar-refractivity contribution in [1.29, 1.82) is 0 Å². The van der Waals surface area contributed by atoms with Crippen molar-refractivity contribution in [3.8, 4) is 0 Å². The van der Waals surface area contributed by atoms with E-state index in [2.05, 4.69) is 90.6 Å². The first-order chi connectivity index (χ1) is 10.7.